The molecule has 0 unspecified atom stereocenters. The Labute approximate surface area is 167 Å². The molecule has 0 radical (unpaired) electrons. The van der Waals surface area contributed by atoms with Crippen molar-refractivity contribution in [3.8, 4) is 22.2 Å². The Kier molecular flexibility index (Phi) is 4.14. The molecule has 5 rings (SSSR count). The van der Waals surface area contributed by atoms with E-state index < -0.39 is 0 Å². The van der Waals surface area contributed by atoms with E-state index in [2.05, 4.69) is 15.1 Å². The molecular formula is C20H13N5O3S. The largest absolute Gasteiger partial charge is 0.334 e. The van der Waals surface area contributed by atoms with Gasteiger partial charge in [-0.05, 0) is 29.6 Å². The summed E-state index contributed by atoms with van der Waals surface area (Å²) in [5.74, 6) is 0.811. The van der Waals surface area contributed by atoms with E-state index in [1.807, 2.05) is 17.5 Å². The second-order valence-corrected chi connectivity index (χ2v) is 7.25. The van der Waals surface area contributed by atoms with Crippen molar-refractivity contribution >= 4 is 17.0 Å². The van der Waals surface area contributed by atoms with E-state index in [1.165, 1.54) is 32.4 Å². The zero-order chi connectivity index (χ0) is 19.8. The van der Waals surface area contributed by atoms with Crippen LogP contribution in [-0.2, 0) is 6.54 Å². The first-order chi connectivity index (χ1) is 14.2. The minimum absolute atomic E-state index is 0.152. The van der Waals surface area contributed by atoms with E-state index in [0.717, 1.165) is 4.88 Å². The molecule has 0 aromatic carbocycles. The summed E-state index contributed by atoms with van der Waals surface area (Å²) in [4.78, 5) is 34.4. The molecule has 0 bridgehead atoms. The van der Waals surface area contributed by atoms with E-state index in [9.17, 15) is 9.59 Å². The Morgan fingerprint density at radius 2 is 1.93 bits per heavy atom. The minimum Gasteiger partial charge on any atom is -0.334 e. The molecule has 0 atom stereocenters. The molecule has 0 spiro atoms. The molecular weight excluding hydrogens is 390 g/mol. The van der Waals surface area contributed by atoms with Crippen molar-refractivity contribution in [3.05, 3.63) is 92.7 Å². The summed E-state index contributed by atoms with van der Waals surface area (Å²) in [5.41, 5.74) is 1.20. The van der Waals surface area contributed by atoms with Crippen LogP contribution in [0.4, 0.5) is 0 Å². The highest BCUT2D eigenvalue weighted by Crippen LogP contribution is 2.24. The number of fused-ring (bicyclic) bond motifs is 1. The van der Waals surface area contributed by atoms with Crippen molar-refractivity contribution in [2.24, 2.45) is 0 Å². The van der Waals surface area contributed by atoms with Gasteiger partial charge in [0.05, 0.1) is 22.7 Å². The van der Waals surface area contributed by atoms with Crippen LogP contribution < -0.4 is 11.1 Å². The normalized spacial score (nSPS) is 11.2. The van der Waals surface area contributed by atoms with Crippen LogP contribution in [0.25, 0.3) is 27.8 Å². The van der Waals surface area contributed by atoms with Gasteiger partial charge in [0.15, 0.2) is 0 Å². The highest BCUT2D eigenvalue weighted by Gasteiger charge is 2.13. The predicted octanol–water partition coefficient (Wildman–Crippen LogP) is 2.68. The molecule has 5 aromatic rings. The van der Waals surface area contributed by atoms with Crippen LogP contribution in [0.3, 0.4) is 0 Å². The van der Waals surface area contributed by atoms with Crippen molar-refractivity contribution in [1.82, 2.24) is 24.1 Å². The molecule has 5 aromatic heterocycles. The van der Waals surface area contributed by atoms with Gasteiger partial charge in [-0.2, -0.15) is 4.98 Å². The van der Waals surface area contributed by atoms with Crippen LogP contribution in [0.2, 0.25) is 0 Å². The molecule has 0 amide bonds. The monoisotopic (exact) mass is 403 g/mol. The summed E-state index contributed by atoms with van der Waals surface area (Å²) >= 11 is 1.51. The highest BCUT2D eigenvalue weighted by atomic mass is 32.1. The van der Waals surface area contributed by atoms with Gasteiger partial charge < -0.3 is 9.09 Å². The van der Waals surface area contributed by atoms with Crippen LogP contribution in [0.5, 0.6) is 0 Å². The zero-order valence-corrected chi connectivity index (χ0v) is 15.7. The standard InChI is InChI=1S/C20H13N5O3S/c26-17-7-6-13(20-22-19(23-28-20)15-4-3-9-29-15)11-24(17)12-14-10-18(27)25-8-2-1-5-16(25)21-14/h1-11H,12H2. The summed E-state index contributed by atoms with van der Waals surface area (Å²) in [7, 11) is 0. The van der Waals surface area contributed by atoms with Crippen molar-refractivity contribution in [1.29, 1.82) is 0 Å². The SMILES string of the molecule is O=c1ccc(-c2nc(-c3cccs3)no2)cn1Cc1cc(=O)n2ccccc2n1. The molecule has 142 valence electrons. The number of hydrogen-bond donors (Lipinski definition) is 0. The maximum absolute atomic E-state index is 12.3. The molecule has 29 heavy (non-hydrogen) atoms. The molecule has 0 N–H and O–H groups in total. The zero-order valence-electron chi connectivity index (χ0n) is 14.9. The average Bonchev–Trinajstić information content (AvgIpc) is 3.41. The molecule has 0 aliphatic rings. The maximum atomic E-state index is 12.3. The van der Waals surface area contributed by atoms with Gasteiger partial charge in [0.25, 0.3) is 17.0 Å². The van der Waals surface area contributed by atoms with E-state index in [1.54, 1.807) is 36.7 Å². The second-order valence-electron chi connectivity index (χ2n) is 6.30. The number of hydrogen-bond acceptors (Lipinski definition) is 7. The molecule has 5 heterocycles. The molecule has 0 aliphatic heterocycles. The Morgan fingerprint density at radius 3 is 2.79 bits per heavy atom. The fraction of sp³-hybridized carbons (Fsp3) is 0.0500. The molecule has 0 saturated carbocycles. The highest BCUT2D eigenvalue weighted by molar-refractivity contribution is 7.13. The van der Waals surface area contributed by atoms with Gasteiger partial charge in [-0.25, -0.2) is 4.98 Å². The number of nitrogens with zero attached hydrogens (tertiary/aromatic N) is 5. The smallest absolute Gasteiger partial charge is 0.259 e. The molecule has 0 saturated heterocycles. The summed E-state index contributed by atoms with van der Waals surface area (Å²) in [6.07, 6.45) is 3.28. The second kappa shape index (κ2) is 6.95. The van der Waals surface area contributed by atoms with Crippen LogP contribution in [-0.4, -0.2) is 24.1 Å². The lowest BCUT2D eigenvalue weighted by Gasteiger charge is -2.07. The minimum atomic E-state index is -0.221. The average molecular weight is 403 g/mol. The first-order valence-corrected chi connectivity index (χ1v) is 9.61. The van der Waals surface area contributed by atoms with Crippen LogP contribution >= 0.6 is 11.3 Å². The van der Waals surface area contributed by atoms with Crippen molar-refractivity contribution in [3.63, 3.8) is 0 Å². The van der Waals surface area contributed by atoms with Crippen LogP contribution in [0.15, 0.2) is 80.4 Å². The maximum Gasteiger partial charge on any atom is 0.259 e. The van der Waals surface area contributed by atoms with Crippen molar-refractivity contribution < 1.29 is 4.52 Å². The third-order valence-corrected chi connectivity index (χ3v) is 5.22. The van der Waals surface area contributed by atoms with Crippen molar-refractivity contribution in [2.75, 3.05) is 0 Å². The Morgan fingerprint density at radius 1 is 1.00 bits per heavy atom. The fourth-order valence-corrected chi connectivity index (χ4v) is 3.64. The van der Waals surface area contributed by atoms with Gasteiger partial charge in [0.2, 0.25) is 5.82 Å². The van der Waals surface area contributed by atoms with E-state index in [-0.39, 0.29) is 17.7 Å². The van der Waals surface area contributed by atoms with E-state index >= 15 is 0 Å². The van der Waals surface area contributed by atoms with Crippen LogP contribution in [0, 0.1) is 0 Å². The predicted molar refractivity (Wildman–Crippen MR) is 108 cm³/mol. The number of rotatable bonds is 4. The van der Waals surface area contributed by atoms with Gasteiger partial charge in [0, 0.05) is 24.5 Å². The quantitative estimate of drug-likeness (QED) is 0.458. The van der Waals surface area contributed by atoms with Gasteiger partial charge >= 0.3 is 0 Å². The Balaban J connectivity index is 1.51. The van der Waals surface area contributed by atoms with Gasteiger partial charge in [-0.15, -0.1) is 11.3 Å². The Bertz CT molecular complexity index is 1430. The summed E-state index contributed by atoms with van der Waals surface area (Å²) in [6, 6.07) is 13.6. The lowest BCUT2D eigenvalue weighted by molar-refractivity contribution is 0.432. The molecule has 8 nitrogen and oxygen atoms in total. The molecule has 0 aliphatic carbocycles. The third kappa shape index (κ3) is 3.27. The fourth-order valence-electron chi connectivity index (χ4n) is 2.99. The Hall–Kier alpha value is -3.85. The summed E-state index contributed by atoms with van der Waals surface area (Å²) in [5, 5.41) is 5.93. The lowest BCUT2D eigenvalue weighted by Crippen LogP contribution is -2.22. The van der Waals surface area contributed by atoms with Gasteiger partial charge in [-0.3, -0.25) is 14.0 Å². The van der Waals surface area contributed by atoms with Gasteiger partial charge in [0.1, 0.15) is 5.65 Å². The number of pyridine rings is 2. The first kappa shape index (κ1) is 17.3. The van der Waals surface area contributed by atoms with Crippen molar-refractivity contribution in [2.45, 2.75) is 6.54 Å². The van der Waals surface area contributed by atoms with Crippen LogP contribution in [0.1, 0.15) is 5.69 Å². The van der Waals surface area contributed by atoms with E-state index in [4.69, 9.17) is 4.52 Å². The number of thiophene rings is 1. The summed E-state index contributed by atoms with van der Waals surface area (Å²) < 4.78 is 8.27. The first-order valence-electron chi connectivity index (χ1n) is 8.73. The topological polar surface area (TPSA) is 95.3 Å². The summed E-state index contributed by atoms with van der Waals surface area (Å²) in [6.45, 7) is 0.152. The third-order valence-electron chi connectivity index (χ3n) is 4.35. The van der Waals surface area contributed by atoms with Gasteiger partial charge in [-0.1, -0.05) is 17.3 Å². The molecule has 9 heteroatoms. The number of aromatic nitrogens is 5. The van der Waals surface area contributed by atoms with E-state index in [0.29, 0.717) is 28.6 Å². The molecule has 0 fully saturated rings. The lowest BCUT2D eigenvalue weighted by atomic mass is 10.2.